The maximum atomic E-state index is 13.6. The first kappa shape index (κ1) is 14.0. The van der Waals surface area contributed by atoms with Crippen molar-refractivity contribution in [2.24, 2.45) is 0 Å². The Bertz CT molecular complexity index is 694. The van der Waals surface area contributed by atoms with Gasteiger partial charge in [0.05, 0.1) is 10.6 Å². The summed E-state index contributed by atoms with van der Waals surface area (Å²) in [7, 11) is -3.55. The molecule has 0 aliphatic rings. The Balaban J connectivity index is 2.33. The molecule has 0 heterocycles. The van der Waals surface area contributed by atoms with Gasteiger partial charge in [-0.3, -0.25) is 0 Å². The van der Waals surface area contributed by atoms with Crippen LogP contribution < -0.4 is 0 Å². The molecule has 0 unspecified atom stereocenters. The summed E-state index contributed by atoms with van der Waals surface area (Å²) >= 11 is 5.63. The quantitative estimate of drug-likeness (QED) is 0.864. The zero-order chi connectivity index (χ0) is 14.0. The standard InChI is InChI=1S/C14H12ClFO2S/c1-10-2-6-13(7-3-10)19(17,18)9-11-4-5-12(15)8-14(11)16/h2-8H,9H2,1H3. The maximum absolute atomic E-state index is 13.6. The molecular formula is C14H12ClFO2S. The van der Waals surface area contributed by atoms with Crippen molar-refractivity contribution in [2.75, 3.05) is 0 Å². The lowest BCUT2D eigenvalue weighted by atomic mass is 10.2. The third-order valence-corrected chi connectivity index (χ3v) is 4.66. The van der Waals surface area contributed by atoms with E-state index in [4.69, 9.17) is 11.6 Å². The molecular weight excluding hydrogens is 287 g/mol. The van der Waals surface area contributed by atoms with Crippen molar-refractivity contribution in [1.82, 2.24) is 0 Å². The zero-order valence-corrected chi connectivity index (χ0v) is 11.8. The van der Waals surface area contributed by atoms with E-state index in [2.05, 4.69) is 0 Å². The topological polar surface area (TPSA) is 34.1 Å². The van der Waals surface area contributed by atoms with Crippen LogP contribution in [0.25, 0.3) is 0 Å². The van der Waals surface area contributed by atoms with Crippen molar-refractivity contribution in [3.05, 3.63) is 64.4 Å². The van der Waals surface area contributed by atoms with Crippen LogP contribution >= 0.6 is 11.6 Å². The van der Waals surface area contributed by atoms with Gasteiger partial charge in [-0.15, -0.1) is 0 Å². The first-order valence-corrected chi connectivity index (χ1v) is 7.65. The van der Waals surface area contributed by atoms with E-state index in [0.717, 1.165) is 11.6 Å². The van der Waals surface area contributed by atoms with Gasteiger partial charge in [0, 0.05) is 10.6 Å². The molecule has 5 heteroatoms. The maximum Gasteiger partial charge on any atom is 0.182 e. The van der Waals surface area contributed by atoms with Crippen molar-refractivity contribution in [1.29, 1.82) is 0 Å². The van der Waals surface area contributed by atoms with E-state index in [-0.39, 0.29) is 21.2 Å². The molecule has 0 aliphatic heterocycles. The normalized spacial score (nSPS) is 11.5. The van der Waals surface area contributed by atoms with E-state index in [1.807, 2.05) is 6.92 Å². The lowest BCUT2D eigenvalue weighted by Gasteiger charge is -2.06. The summed E-state index contributed by atoms with van der Waals surface area (Å²) in [6.45, 7) is 1.87. The van der Waals surface area contributed by atoms with Gasteiger partial charge in [0.1, 0.15) is 5.82 Å². The number of benzene rings is 2. The molecule has 0 radical (unpaired) electrons. The predicted octanol–water partition coefficient (Wildman–Crippen LogP) is 3.76. The van der Waals surface area contributed by atoms with Crippen molar-refractivity contribution < 1.29 is 12.8 Å². The highest BCUT2D eigenvalue weighted by Crippen LogP contribution is 2.21. The Morgan fingerprint density at radius 2 is 1.74 bits per heavy atom. The van der Waals surface area contributed by atoms with Crippen LogP contribution in [0, 0.1) is 12.7 Å². The van der Waals surface area contributed by atoms with Crippen molar-refractivity contribution in [2.45, 2.75) is 17.6 Å². The minimum absolute atomic E-state index is 0.116. The van der Waals surface area contributed by atoms with Crippen LogP contribution in [0.15, 0.2) is 47.4 Å². The lowest BCUT2D eigenvalue weighted by Crippen LogP contribution is -2.06. The van der Waals surface area contributed by atoms with Gasteiger partial charge in [-0.05, 0) is 31.2 Å². The third-order valence-electron chi connectivity index (χ3n) is 2.74. The summed E-state index contributed by atoms with van der Waals surface area (Å²) in [5, 5.41) is 0.244. The van der Waals surface area contributed by atoms with Gasteiger partial charge in [-0.1, -0.05) is 35.4 Å². The number of halogens is 2. The second-order valence-corrected chi connectivity index (χ2v) is 6.73. The number of hydrogen-bond donors (Lipinski definition) is 0. The first-order valence-electron chi connectivity index (χ1n) is 5.62. The fraction of sp³-hybridized carbons (Fsp3) is 0.143. The molecule has 0 N–H and O–H groups in total. The summed E-state index contributed by atoms with van der Waals surface area (Å²) in [4.78, 5) is 0.187. The molecule has 0 bridgehead atoms. The molecule has 2 aromatic rings. The molecule has 0 atom stereocenters. The fourth-order valence-electron chi connectivity index (χ4n) is 1.67. The molecule has 0 spiro atoms. The molecule has 2 nitrogen and oxygen atoms in total. The van der Waals surface area contributed by atoms with Crippen molar-refractivity contribution in [3.8, 4) is 0 Å². The van der Waals surface area contributed by atoms with Crippen molar-refractivity contribution in [3.63, 3.8) is 0 Å². The number of sulfone groups is 1. The fourth-order valence-corrected chi connectivity index (χ4v) is 3.19. The SMILES string of the molecule is Cc1ccc(S(=O)(=O)Cc2ccc(Cl)cc2F)cc1. The highest BCUT2D eigenvalue weighted by molar-refractivity contribution is 7.90. The van der Waals surface area contributed by atoms with E-state index in [0.29, 0.717) is 0 Å². The van der Waals surface area contributed by atoms with Crippen LogP contribution in [0.3, 0.4) is 0 Å². The van der Waals surface area contributed by atoms with Crippen LogP contribution in [0.2, 0.25) is 5.02 Å². The minimum atomic E-state index is -3.55. The highest BCUT2D eigenvalue weighted by atomic mass is 35.5. The Morgan fingerprint density at radius 1 is 1.11 bits per heavy atom. The van der Waals surface area contributed by atoms with Crippen LogP contribution in [0.4, 0.5) is 4.39 Å². The van der Waals surface area contributed by atoms with Gasteiger partial charge >= 0.3 is 0 Å². The molecule has 19 heavy (non-hydrogen) atoms. The van der Waals surface area contributed by atoms with Gasteiger partial charge in [0.25, 0.3) is 0 Å². The summed E-state index contributed by atoms with van der Waals surface area (Å²) in [5.74, 6) is -0.984. The molecule has 0 saturated heterocycles. The van der Waals surface area contributed by atoms with E-state index < -0.39 is 15.7 Å². The lowest BCUT2D eigenvalue weighted by molar-refractivity contribution is 0.587. The van der Waals surface area contributed by atoms with Gasteiger partial charge in [-0.2, -0.15) is 0 Å². The molecule has 0 saturated carbocycles. The second kappa shape index (κ2) is 5.31. The molecule has 0 fully saturated rings. The van der Waals surface area contributed by atoms with Crippen LogP contribution in [0.5, 0.6) is 0 Å². The van der Waals surface area contributed by atoms with E-state index >= 15 is 0 Å². The van der Waals surface area contributed by atoms with Gasteiger partial charge in [-0.25, -0.2) is 12.8 Å². The van der Waals surface area contributed by atoms with E-state index in [1.54, 1.807) is 12.1 Å². The largest absolute Gasteiger partial charge is 0.223 e. The first-order chi connectivity index (χ1) is 8.88. The molecule has 2 aromatic carbocycles. The summed E-state index contributed by atoms with van der Waals surface area (Å²) in [5.41, 5.74) is 1.08. The molecule has 2 rings (SSSR count). The van der Waals surface area contributed by atoms with Gasteiger partial charge < -0.3 is 0 Å². The predicted molar refractivity (Wildman–Crippen MR) is 73.5 cm³/mol. The van der Waals surface area contributed by atoms with Crippen molar-refractivity contribution >= 4 is 21.4 Å². The van der Waals surface area contributed by atoms with E-state index in [9.17, 15) is 12.8 Å². The van der Waals surface area contributed by atoms with Crippen LogP contribution in [-0.2, 0) is 15.6 Å². The Labute approximate surface area is 116 Å². The monoisotopic (exact) mass is 298 g/mol. The average molecular weight is 299 g/mol. The number of rotatable bonds is 3. The summed E-state index contributed by atoms with van der Waals surface area (Å²) in [6, 6.07) is 10.5. The van der Waals surface area contributed by atoms with Crippen LogP contribution in [-0.4, -0.2) is 8.42 Å². The molecule has 100 valence electrons. The highest BCUT2D eigenvalue weighted by Gasteiger charge is 2.17. The van der Waals surface area contributed by atoms with E-state index in [1.165, 1.54) is 24.3 Å². The van der Waals surface area contributed by atoms with Crippen LogP contribution in [0.1, 0.15) is 11.1 Å². The molecule has 0 aliphatic carbocycles. The molecule has 0 amide bonds. The van der Waals surface area contributed by atoms with Gasteiger partial charge in [0.2, 0.25) is 0 Å². The Hall–Kier alpha value is -1.39. The number of aryl methyl sites for hydroxylation is 1. The second-order valence-electron chi connectivity index (χ2n) is 4.31. The number of hydrogen-bond acceptors (Lipinski definition) is 2. The summed E-state index contributed by atoms with van der Waals surface area (Å²) in [6.07, 6.45) is 0. The minimum Gasteiger partial charge on any atom is -0.223 e. The smallest absolute Gasteiger partial charge is 0.182 e. The summed E-state index contributed by atoms with van der Waals surface area (Å²) < 4.78 is 37.9. The average Bonchev–Trinajstić information content (AvgIpc) is 2.33. The third kappa shape index (κ3) is 3.33. The Morgan fingerprint density at radius 3 is 2.32 bits per heavy atom. The zero-order valence-electron chi connectivity index (χ0n) is 10.2. The van der Waals surface area contributed by atoms with Gasteiger partial charge in [0.15, 0.2) is 9.84 Å². The molecule has 0 aromatic heterocycles. The Kier molecular flexibility index (Phi) is 3.92.